The first-order valence-electron chi connectivity index (χ1n) is 5.16. The van der Waals surface area contributed by atoms with Crippen molar-refractivity contribution in [3.05, 3.63) is 24.0 Å². The molecular formula is C10H9N7O. The predicted octanol–water partition coefficient (Wildman–Crippen LogP) is 0.807. The second-order valence-corrected chi connectivity index (χ2v) is 3.71. The minimum Gasteiger partial charge on any atom is -0.382 e. The van der Waals surface area contributed by atoms with E-state index in [1.54, 1.807) is 18.5 Å². The Kier molecular flexibility index (Phi) is 2.26. The summed E-state index contributed by atoms with van der Waals surface area (Å²) >= 11 is 0. The molecule has 0 saturated heterocycles. The van der Waals surface area contributed by atoms with Crippen LogP contribution in [0.3, 0.4) is 0 Å². The number of hydrogen-bond acceptors (Lipinski definition) is 7. The summed E-state index contributed by atoms with van der Waals surface area (Å²) in [6.45, 7) is 1.90. The number of nitrogens with two attached hydrogens (primary N) is 1. The van der Waals surface area contributed by atoms with E-state index in [9.17, 15) is 0 Å². The Bertz CT molecular complexity index is 670. The van der Waals surface area contributed by atoms with Crippen LogP contribution in [-0.2, 0) is 0 Å². The Morgan fingerprint density at radius 2 is 2.00 bits per heavy atom. The number of aromatic nitrogens is 6. The van der Waals surface area contributed by atoms with E-state index in [1.165, 1.54) is 0 Å². The maximum atomic E-state index is 5.49. The topological polar surface area (TPSA) is 119 Å². The summed E-state index contributed by atoms with van der Waals surface area (Å²) < 4.78 is 5.08. The quantitative estimate of drug-likeness (QED) is 0.683. The smallest absolute Gasteiger partial charge is 0.276 e. The standard InChI is InChI=1S/C10H9N7O/c1-5-3-12-8(13-4-5)9-14-10(18-17-9)6-2-7(11)16-15-6/h2-4H,1H3,(H3,11,15,16). The number of aromatic amines is 1. The van der Waals surface area contributed by atoms with E-state index in [4.69, 9.17) is 10.3 Å². The molecule has 0 aliphatic rings. The Labute approximate surface area is 101 Å². The van der Waals surface area contributed by atoms with Gasteiger partial charge in [0.2, 0.25) is 11.6 Å². The highest BCUT2D eigenvalue weighted by Gasteiger charge is 2.14. The number of aryl methyl sites for hydroxylation is 1. The first-order valence-corrected chi connectivity index (χ1v) is 5.16. The number of nitrogens with zero attached hydrogens (tertiary/aromatic N) is 5. The largest absolute Gasteiger partial charge is 0.382 e. The van der Waals surface area contributed by atoms with Gasteiger partial charge in [0, 0.05) is 18.5 Å². The molecule has 0 atom stereocenters. The van der Waals surface area contributed by atoms with Gasteiger partial charge in [-0.05, 0) is 12.5 Å². The van der Waals surface area contributed by atoms with E-state index < -0.39 is 0 Å². The lowest BCUT2D eigenvalue weighted by Gasteiger charge is -1.92. The fraction of sp³-hybridized carbons (Fsp3) is 0.100. The summed E-state index contributed by atoms with van der Waals surface area (Å²) in [7, 11) is 0. The maximum Gasteiger partial charge on any atom is 0.276 e. The van der Waals surface area contributed by atoms with Gasteiger partial charge in [0.1, 0.15) is 11.5 Å². The molecule has 8 nitrogen and oxygen atoms in total. The van der Waals surface area contributed by atoms with E-state index in [2.05, 4.69) is 30.3 Å². The lowest BCUT2D eigenvalue weighted by molar-refractivity contribution is 0.430. The number of hydrogen-bond donors (Lipinski definition) is 2. The molecule has 3 rings (SSSR count). The van der Waals surface area contributed by atoms with Crippen molar-refractivity contribution in [3.63, 3.8) is 0 Å². The summed E-state index contributed by atoms with van der Waals surface area (Å²) in [5.41, 5.74) is 7.01. The molecule has 0 aliphatic heterocycles. The average Bonchev–Trinajstić information content (AvgIpc) is 2.98. The Morgan fingerprint density at radius 3 is 2.67 bits per heavy atom. The molecule has 3 aromatic heterocycles. The predicted molar refractivity (Wildman–Crippen MR) is 62.1 cm³/mol. The lowest BCUT2D eigenvalue weighted by atomic mass is 10.4. The highest BCUT2D eigenvalue weighted by atomic mass is 16.5. The third-order valence-electron chi connectivity index (χ3n) is 2.24. The summed E-state index contributed by atoms with van der Waals surface area (Å²) in [5.74, 6) is 1.37. The minimum atomic E-state index is 0.290. The number of nitrogen functional groups attached to an aromatic ring is 1. The summed E-state index contributed by atoms with van der Waals surface area (Å²) in [4.78, 5) is 12.4. The third kappa shape index (κ3) is 1.79. The van der Waals surface area contributed by atoms with E-state index in [-0.39, 0.29) is 0 Å². The molecule has 3 heterocycles. The molecule has 0 radical (unpaired) electrons. The van der Waals surface area contributed by atoms with Crippen LogP contribution in [0.5, 0.6) is 0 Å². The Balaban J connectivity index is 1.96. The number of anilines is 1. The van der Waals surface area contributed by atoms with Gasteiger partial charge < -0.3 is 10.3 Å². The molecule has 0 bridgehead atoms. The highest BCUT2D eigenvalue weighted by molar-refractivity contribution is 5.54. The zero-order valence-corrected chi connectivity index (χ0v) is 9.45. The second-order valence-electron chi connectivity index (χ2n) is 3.71. The van der Waals surface area contributed by atoms with Gasteiger partial charge >= 0.3 is 0 Å². The number of rotatable bonds is 2. The van der Waals surface area contributed by atoms with Gasteiger partial charge in [0.25, 0.3) is 5.89 Å². The van der Waals surface area contributed by atoms with Crippen LogP contribution in [0.2, 0.25) is 0 Å². The fourth-order valence-electron chi connectivity index (χ4n) is 1.38. The molecular weight excluding hydrogens is 234 g/mol. The monoisotopic (exact) mass is 243 g/mol. The molecule has 3 aromatic rings. The van der Waals surface area contributed by atoms with Crippen LogP contribution in [0, 0.1) is 6.92 Å². The van der Waals surface area contributed by atoms with Crippen molar-refractivity contribution in [2.45, 2.75) is 6.92 Å². The van der Waals surface area contributed by atoms with Gasteiger partial charge in [0.15, 0.2) is 0 Å². The minimum absolute atomic E-state index is 0.290. The van der Waals surface area contributed by atoms with E-state index in [0.29, 0.717) is 29.1 Å². The van der Waals surface area contributed by atoms with Crippen molar-refractivity contribution in [1.29, 1.82) is 0 Å². The SMILES string of the molecule is Cc1cnc(-c2noc(-c3cc(N)n[nH]3)n2)nc1. The molecule has 0 spiro atoms. The lowest BCUT2D eigenvalue weighted by Crippen LogP contribution is -1.90. The molecule has 8 heteroatoms. The van der Waals surface area contributed by atoms with Crippen molar-refractivity contribution in [2.75, 3.05) is 5.73 Å². The average molecular weight is 243 g/mol. The molecule has 0 saturated carbocycles. The van der Waals surface area contributed by atoms with Gasteiger partial charge in [-0.3, -0.25) is 5.10 Å². The summed E-state index contributed by atoms with van der Waals surface area (Å²) in [5, 5.41) is 10.3. The van der Waals surface area contributed by atoms with Crippen molar-refractivity contribution >= 4 is 5.82 Å². The van der Waals surface area contributed by atoms with Crippen molar-refractivity contribution in [3.8, 4) is 23.2 Å². The van der Waals surface area contributed by atoms with Gasteiger partial charge in [-0.15, -0.1) is 0 Å². The fourth-order valence-corrected chi connectivity index (χ4v) is 1.38. The summed E-state index contributed by atoms with van der Waals surface area (Å²) in [6.07, 6.45) is 3.37. The van der Waals surface area contributed by atoms with Crippen LogP contribution in [0.1, 0.15) is 5.56 Å². The first kappa shape index (κ1) is 10.4. The Morgan fingerprint density at radius 1 is 1.22 bits per heavy atom. The van der Waals surface area contributed by atoms with Crippen molar-refractivity contribution < 1.29 is 4.52 Å². The molecule has 0 amide bonds. The zero-order valence-electron chi connectivity index (χ0n) is 9.45. The van der Waals surface area contributed by atoms with E-state index >= 15 is 0 Å². The molecule has 18 heavy (non-hydrogen) atoms. The first-order chi connectivity index (χ1) is 8.72. The maximum absolute atomic E-state index is 5.49. The Hall–Kier alpha value is -2.77. The van der Waals surface area contributed by atoms with E-state index in [0.717, 1.165) is 5.56 Å². The van der Waals surface area contributed by atoms with Gasteiger partial charge in [-0.1, -0.05) is 5.16 Å². The van der Waals surface area contributed by atoms with Crippen molar-refractivity contribution in [1.82, 2.24) is 30.3 Å². The van der Waals surface area contributed by atoms with Crippen LogP contribution in [0.25, 0.3) is 23.2 Å². The molecule has 0 unspecified atom stereocenters. The van der Waals surface area contributed by atoms with Crippen LogP contribution >= 0.6 is 0 Å². The zero-order chi connectivity index (χ0) is 12.5. The molecule has 0 fully saturated rings. The second kappa shape index (κ2) is 3.91. The van der Waals surface area contributed by atoms with Gasteiger partial charge in [0.05, 0.1) is 0 Å². The number of nitrogens with one attached hydrogen (secondary N) is 1. The van der Waals surface area contributed by atoms with Gasteiger partial charge in [-0.2, -0.15) is 10.1 Å². The molecule has 0 aromatic carbocycles. The third-order valence-corrected chi connectivity index (χ3v) is 2.24. The van der Waals surface area contributed by atoms with Crippen LogP contribution in [0.4, 0.5) is 5.82 Å². The molecule has 0 aliphatic carbocycles. The highest BCUT2D eigenvalue weighted by Crippen LogP contribution is 2.19. The van der Waals surface area contributed by atoms with Crippen molar-refractivity contribution in [2.24, 2.45) is 0 Å². The number of H-pyrrole nitrogens is 1. The molecule has 3 N–H and O–H groups in total. The van der Waals surface area contributed by atoms with Gasteiger partial charge in [-0.25, -0.2) is 9.97 Å². The van der Waals surface area contributed by atoms with Crippen LogP contribution in [-0.4, -0.2) is 30.3 Å². The van der Waals surface area contributed by atoms with Crippen LogP contribution < -0.4 is 5.73 Å². The molecule has 90 valence electrons. The van der Waals surface area contributed by atoms with Crippen LogP contribution in [0.15, 0.2) is 23.0 Å². The normalized spacial score (nSPS) is 10.7. The summed E-state index contributed by atoms with van der Waals surface area (Å²) in [6, 6.07) is 1.60. The van der Waals surface area contributed by atoms with E-state index in [1.807, 2.05) is 6.92 Å².